The van der Waals surface area contributed by atoms with Crippen molar-refractivity contribution >= 4 is 17.2 Å². The van der Waals surface area contributed by atoms with E-state index in [-0.39, 0.29) is 11.5 Å². The van der Waals surface area contributed by atoms with Gasteiger partial charge >= 0.3 is 0 Å². The molecule has 0 spiro atoms. The predicted octanol–water partition coefficient (Wildman–Crippen LogP) is 3.11. The molecule has 2 aromatic rings. The van der Waals surface area contributed by atoms with Gasteiger partial charge < -0.3 is 10.1 Å². The fourth-order valence-electron chi connectivity index (χ4n) is 2.64. The Hall–Kier alpha value is -2.62. The van der Waals surface area contributed by atoms with Gasteiger partial charge in [-0.15, -0.1) is 0 Å². The van der Waals surface area contributed by atoms with Gasteiger partial charge in [0.15, 0.2) is 0 Å². The molecule has 0 bridgehead atoms. The molecule has 0 aliphatic carbocycles. The molecule has 21 heavy (non-hydrogen) atoms. The lowest BCUT2D eigenvalue weighted by molar-refractivity contribution is 0.106. The van der Waals surface area contributed by atoms with Crippen molar-refractivity contribution in [2.75, 3.05) is 11.4 Å². The van der Waals surface area contributed by atoms with Gasteiger partial charge in [-0.25, -0.2) is 0 Å². The van der Waals surface area contributed by atoms with Crippen molar-refractivity contribution in [1.29, 1.82) is 0 Å². The molecule has 0 aromatic heterocycles. The van der Waals surface area contributed by atoms with Crippen molar-refractivity contribution < 1.29 is 10.0 Å². The van der Waals surface area contributed by atoms with Crippen molar-refractivity contribution in [3.63, 3.8) is 0 Å². The van der Waals surface area contributed by atoms with E-state index in [1.807, 2.05) is 36.4 Å². The number of para-hydroxylation sites is 1. The van der Waals surface area contributed by atoms with Crippen molar-refractivity contribution in [2.45, 2.75) is 13.0 Å². The maximum absolute atomic E-state index is 12.3. The number of oxime groups is 1. The molecule has 3 rings (SSSR count). The third kappa shape index (κ3) is 2.65. The van der Waals surface area contributed by atoms with Crippen molar-refractivity contribution in [3.8, 4) is 0 Å². The van der Waals surface area contributed by atoms with Gasteiger partial charge in [0, 0.05) is 30.8 Å². The fourth-order valence-corrected chi connectivity index (χ4v) is 2.64. The molecule has 1 aliphatic rings. The molecule has 0 saturated carbocycles. The summed E-state index contributed by atoms with van der Waals surface area (Å²) in [7, 11) is 0. The Morgan fingerprint density at radius 3 is 2.52 bits per heavy atom. The third-order valence-electron chi connectivity index (χ3n) is 3.71. The first-order valence-electron chi connectivity index (χ1n) is 6.93. The lowest BCUT2D eigenvalue weighted by atomic mass is 10.0. The zero-order valence-corrected chi connectivity index (χ0v) is 11.6. The molecular formula is C17H16N2O2. The maximum atomic E-state index is 12.3. The van der Waals surface area contributed by atoms with Gasteiger partial charge in [-0.05, 0) is 17.7 Å². The van der Waals surface area contributed by atoms with Crippen molar-refractivity contribution in [3.05, 3.63) is 65.7 Å². The van der Waals surface area contributed by atoms with Crippen LogP contribution in [0.15, 0.2) is 59.8 Å². The lowest BCUT2D eigenvalue weighted by Crippen LogP contribution is -2.24. The number of rotatable bonds is 2. The Bertz CT molecular complexity index is 680. The molecule has 1 N–H and O–H groups in total. The second-order valence-electron chi connectivity index (χ2n) is 5.05. The molecule has 0 radical (unpaired) electrons. The number of nitrogens with zero attached hydrogens (tertiary/aromatic N) is 2. The van der Waals surface area contributed by atoms with Gasteiger partial charge in [0.25, 0.3) is 0 Å². The predicted molar refractivity (Wildman–Crippen MR) is 82.1 cm³/mol. The minimum Gasteiger partial charge on any atom is -0.411 e. The Balaban J connectivity index is 1.99. The molecule has 0 unspecified atom stereocenters. The molecule has 2 aromatic carbocycles. The average Bonchev–Trinajstić information content (AvgIpc) is 2.67. The van der Waals surface area contributed by atoms with E-state index >= 15 is 0 Å². The van der Waals surface area contributed by atoms with E-state index < -0.39 is 0 Å². The fraction of sp³-hybridized carbons (Fsp3) is 0.176. The van der Waals surface area contributed by atoms with Gasteiger partial charge in [0.1, 0.15) is 5.71 Å². The van der Waals surface area contributed by atoms with Crippen LogP contribution in [0.1, 0.15) is 22.3 Å². The van der Waals surface area contributed by atoms with E-state index in [4.69, 9.17) is 5.21 Å². The van der Waals surface area contributed by atoms with Crippen molar-refractivity contribution in [1.82, 2.24) is 0 Å². The summed E-state index contributed by atoms with van der Waals surface area (Å²) in [6.45, 7) is 1.38. The number of carbonyl (C=O) groups excluding carboxylic acids is 1. The van der Waals surface area contributed by atoms with Crippen LogP contribution in [-0.2, 0) is 6.54 Å². The first-order valence-corrected chi connectivity index (χ1v) is 6.93. The molecule has 0 atom stereocenters. The van der Waals surface area contributed by atoms with E-state index in [1.54, 1.807) is 6.07 Å². The number of anilines is 1. The van der Waals surface area contributed by atoms with E-state index in [1.165, 1.54) is 5.56 Å². The zero-order chi connectivity index (χ0) is 14.7. The second-order valence-corrected chi connectivity index (χ2v) is 5.05. The normalized spacial score (nSPS) is 16.7. The summed E-state index contributed by atoms with van der Waals surface area (Å²) < 4.78 is 0. The summed E-state index contributed by atoms with van der Waals surface area (Å²) in [6, 6.07) is 17.6. The van der Waals surface area contributed by atoms with Gasteiger partial charge in [-0.1, -0.05) is 47.6 Å². The van der Waals surface area contributed by atoms with Crippen LogP contribution in [0.3, 0.4) is 0 Å². The van der Waals surface area contributed by atoms with Crippen LogP contribution in [0.25, 0.3) is 0 Å². The third-order valence-corrected chi connectivity index (χ3v) is 3.71. The molecule has 4 nitrogen and oxygen atoms in total. The first kappa shape index (κ1) is 13.4. The Morgan fingerprint density at radius 1 is 1.05 bits per heavy atom. The molecule has 0 fully saturated rings. The lowest BCUT2D eigenvalue weighted by Gasteiger charge is -2.24. The SMILES string of the molecule is O=C1/C(=N\O)CCN(Cc2ccccc2)c2ccccc21. The van der Waals surface area contributed by atoms with E-state index in [9.17, 15) is 4.79 Å². The summed E-state index contributed by atoms with van der Waals surface area (Å²) in [5.74, 6) is -0.191. The summed E-state index contributed by atoms with van der Waals surface area (Å²) in [6.07, 6.45) is 0.441. The molecule has 1 aliphatic heterocycles. The minimum atomic E-state index is -0.191. The number of Topliss-reactive ketones (excluding diaryl/α,β-unsaturated/α-hetero) is 1. The highest BCUT2D eigenvalue weighted by Gasteiger charge is 2.25. The van der Waals surface area contributed by atoms with Gasteiger partial charge in [-0.2, -0.15) is 0 Å². The second kappa shape index (κ2) is 5.79. The molecule has 0 amide bonds. The van der Waals surface area contributed by atoms with Crippen LogP contribution in [0.5, 0.6) is 0 Å². The highest BCUT2D eigenvalue weighted by Crippen LogP contribution is 2.26. The van der Waals surface area contributed by atoms with Crippen LogP contribution in [0.2, 0.25) is 0 Å². The highest BCUT2D eigenvalue weighted by atomic mass is 16.4. The van der Waals surface area contributed by atoms with Crippen LogP contribution in [0.4, 0.5) is 5.69 Å². The van der Waals surface area contributed by atoms with E-state index in [2.05, 4.69) is 22.2 Å². The smallest absolute Gasteiger partial charge is 0.212 e. The number of hydrogen-bond donors (Lipinski definition) is 1. The number of hydrogen-bond acceptors (Lipinski definition) is 4. The average molecular weight is 280 g/mol. The van der Waals surface area contributed by atoms with Crippen LogP contribution in [0, 0.1) is 0 Å². The molecule has 106 valence electrons. The zero-order valence-electron chi connectivity index (χ0n) is 11.6. The largest absolute Gasteiger partial charge is 0.411 e. The van der Waals surface area contributed by atoms with Crippen LogP contribution in [-0.4, -0.2) is 23.2 Å². The first-order chi connectivity index (χ1) is 10.3. The quantitative estimate of drug-likeness (QED) is 0.679. The Labute approximate surface area is 123 Å². The van der Waals surface area contributed by atoms with Gasteiger partial charge in [0.2, 0.25) is 5.78 Å². The number of ketones is 1. The number of carbonyl (C=O) groups is 1. The monoisotopic (exact) mass is 280 g/mol. The summed E-state index contributed by atoms with van der Waals surface area (Å²) in [4.78, 5) is 14.5. The van der Waals surface area contributed by atoms with E-state index in [0.717, 1.165) is 12.2 Å². The molecular weight excluding hydrogens is 264 g/mol. The minimum absolute atomic E-state index is 0.191. The van der Waals surface area contributed by atoms with Gasteiger partial charge in [0.05, 0.1) is 0 Å². The summed E-state index contributed by atoms with van der Waals surface area (Å²) in [5.41, 5.74) is 2.89. The summed E-state index contributed by atoms with van der Waals surface area (Å²) in [5, 5.41) is 12.2. The van der Waals surface area contributed by atoms with E-state index in [0.29, 0.717) is 18.5 Å². The standard InChI is InChI=1S/C17H16N2O2/c20-17-14-8-4-5-9-16(14)19(11-10-15(17)18-21)12-13-6-2-1-3-7-13/h1-9,21H,10-12H2/b18-15-. The topological polar surface area (TPSA) is 52.9 Å². The van der Waals surface area contributed by atoms with Gasteiger partial charge in [-0.3, -0.25) is 4.79 Å². The Kier molecular flexibility index (Phi) is 3.69. The highest BCUT2D eigenvalue weighted by molar-refractivity contribution is 6.47. The molecule has 4 heteroatoms. The maximum Gasteiger partial charge on any atom is 0.212 e. The van der Waals surface area contributed by atoms with Crippen LogP contribution < -0.4 is 4.90 Å². The summed E-state index contributed by atoms with van der Waals surface area (Å²) >= 11 is 0. The molecule has 0 saturated heterocycles. The number of benzene rings is 2. The van der Waals surface area contributed by atoms with Crippen LogP contribution >= 0.6 is 0 Å². The Morgan fingerprint density at radius 2 is 1.76 bits per heavy atom. The van der Waals surface area contributed by atoms with Crippen molar-refractivity contribution in [2.24, 2.45) is 5.16 Å². The molecule has 1 heterocycles. The number of fused-ring (bicyclic) bond motifs is 1.